The minimum absolute atomic E-state index is 0.109. The second kappa shape index (κ2) is 12.1. The lowest BCUT2D eigenvalue weighted by Crippen LogP contribution is -2.53. The molecule has 3 aliphatic heterocycles. The van der Waals surface area contributed by atoms with Crippen LogP contribution in [0.4, 0.5) is 11.5 Å². The lowest BCUT2D eigenvalue weighted by atomic mass is 10.0. The van der Waals surface area contributed by atoms with E-state index >= 15 is 0 Å². The van der Waals surface area contributed by atoms with Crippen LogP contribution < -0.4 is 19.9 Å². The Labute approximate surface area is 259 Å². The van der Waals surface area contributed by atoms with E-state index in [0.29, 0.717) is 25.6 Å². The van der Waals surface area contributed by atoms with Crippen molar-refractivity contribution in [1.82, 2.24) is 25.1 Å². The smallest absolute Gasteiger partial charge is 0.318 e. The number of hydrogen-bond acceptors (Lipinski definition) is 9. The van der Waals surface area contributed by atoms with Crippen LogP contribution in [0, 0.1) is 11.3 Å². The number of nitrogens with one attached hydrogen (secondary N) is 1. The van der Waals surface area contributed by atoms with E-state index in [1.165, 1.54) is 18.4 Å². The van der Waals surface area contributed by atoms with E-state index in [9.17, 15) is 5.26 Å². The predicted molar refractivity (Wildman–Crippen MR) is 171 cm³/mol. The Bertz CT molecular complexity index is 1510. The van der Waals surface area contributed by atoms with Gasteiger partial charge in [-0.2, -0.15) is 15.2 Å². The highest BCUT2D eigenvalue weighted by Crippen LogP contribution is 2.43. The van der Waals surface area contributed by atoms with E-state index in [1.807, 2.05) is 12.1 Å². The van der Waals surface area contributed by atoms with Gasteiger partial charge in [0.05, 0.1) is 35.3 Å². The summed E-state index contributed by atoms with van der Waals surface area (Å²) >= 11 is 6.73. The molecule has 1 saturated carbocycles. The van der Waals surface area contributed by atoms with Crippen molar-refractivity contribution in [1.29, 1.82) is 5.26 Å². The van der Waals surface area contributed by atoms with Crippen molar-refractivity contribution >= 4 is 33.9 Å². The first-order chi connectivity index (χ1) is 21.1. The summed E-state index contributed by atoms with van der Waals surface area (Å²) < 4.78 is 6.53. The molecule has 1 aliphatic carbocycles. The molecular weight excluding hydrogens is 560 g/mol. The second-order valence-electron chi connectivity index (χ2n) is 12.4. The molecule has 226 valence electrons. The number of benzene rings is 2. The molecule has 0 unspecified atom stereocenters. The van der Waals surface area contributed by atoms with Gasteiger partial charge in [0.1, 0.15) is 12.4 Å². The van der Waals surface area contributed by atoms with Gasteiger partial charge < -0.3 is 24.8 Å². The van der Waals surface area contributed by atoms with Gasteiger partial charge in [0, 0.05) is 75.0 Å². The average Bonchev–Trinajstić information content (AvgIpc) is 3.84. The molecule has 3 aromatic rings. The molecule has 4 aliphatic rings. The number of halogens is 1. The fourth-order valence-electron chi connectivity index (χ4n) is 7.16. The van der Waals surface area contributed by atoms with Gasteiger partial charge in [0.2, 0.25) is 0 Å². The van der Waals surface area contributed by atoms with Crippen molar-refractivity contribution in [2.24, 2.45) is 0 Å². The number of nitrogens with zero attached hydrogens (tertiary/aromatic N) is 7. The summed E-state index contributed by atoms with van der Waals surface area (Å²) in [6, 6.07) is 15.4. The van der Waals surface area contributed by atoms with Gasteiger partial charge in [-0.25, -0.2) is 0 Å². The average molecular weight is 601 g/mol. The quantitative estimate of drug-likeness (QED) is 0.411. The van der Waals surface area contributed by atoms with E-state index < -0.39 is 0 Å². The summed E-state index contributed by atoms with van der Waals surface area (Å²) in [5.41, 5.74) is 3.46. The van der Waals surface area contributed by atoms with E-state index in [1.54, 1.807) is 0 Å². The van der Waals surface area contributed by atoms with Gasteiger partial charge in [0.25, 0.3) is 0 Å². The Hall–Kier alpha value is -3.16. The number of aromatic nitrogens is 2. The maximum Gasteiger partial charge on any atom is 0.318 e. The summed E-state index contributed by atoms with van der Waals surface area (Å²) in [6.45, 7) is 12.4. The summed E-state index contributed by atoms with van der Waals surface area (Å²) in [4.78, 5) is 20.0. The molecule has 0 bridgehead atoms. The number of likely N-dealkylation sites (N-methyl/N-ethyl adjacent to an activating group) is 1. The number of fused-ring (bicyclic) bond motifs is 2. The number of ether oxygens (including phenoxy) is 1. The van der Waals surface area contributed by atoms with Crippen LogP contribution >= 0.6 is 11.6 Å². The number of rotatable bonds is 8. The first-order valence-electron chi connectivity index (χ1n) is 15.8. The van der Waals surface area contributed by atoms with Crippen molar-refractivity contribution in [2.45, 2.75) is 50.7 Å². The highest BCUT2D eigenvalue weighted by molar-refractivity contribution is 6.36. The predicted octanol–water partition coefficient (Wildman–Crippen LogP) is 4.09. The highest BCUT2D eigenvalue weighted by atomic mass is 35.5. The maximum absolute atomic E-state index is 9.36. The molecule has 2 saturated heterocycles. The molecule has 7 rings (SSSR count). The van der Waals surface area contributed by atoms with Crippen LogP contribution in [-0.2, 0) is 13.0 Å². The number of hydrogen-bond donors (Lipinski definition) is 1. The van der Waals surface area contributed by atoms with Crippen molar-refractivity contribution in [3.63, 3.8) is 0 Å². The van der Waals surface area contributed by atoms with Crippen LogP contribution in [0.5, 0.6) is 6.01 Å². The van der Waals surface area contributed by atoms with Gasteiger partial charge in [0.15, 0.2) is 0 Å². The molecule has 0 amide bonds. The molecule has 4 heterocycles. The zero-order valence-corrected chi connectivity index (χ0v) is 25.8. The van der Waals surface area contributed by atoms with Gasteiger partial charge in [-0.15, -0.1) is 0 Å². The maximum atomic E-state index is 9.36. The van der Waals surface area contributed by atoms with Gasteiger partial charge in [-0.05, 0) is 43.3 Å². The van der Waals surface area contributed by atoms with Crippen LogP contribution in [0.3, 0.4) is 0 Å². The Morgan fingerprint density at radius 3 is 2.63 bits per heavy atom. The van der Waals surface area contributed by atoms with Crippen LogP contribution in [0.2, 0.25) is 5.02 Å². The largest absolute Gasteiger partial charge is 0.461 e. The number of piperazine rings is 2. The molecule has 43 heavy (non-hydrogen) atoms. The summed E-state index contributed by atoms with van der Waals surface area (Å²) in [7, 11) is 0. The normalized spacial score (nSPS) is 22.3. The standard InChI is InChI=1S/C33H41ClN8O/c1-2-39-17-19-42(20-18-39)33(11-12-33)23-43-32-37-28-22-40(29-8-4-6-24-5-3-7-27(34)30(24)29)15-10-26(28)31(38-32)41-16-14-36-25(21-41)9-13-35/h3-8,25,36H,2,9-12,14-23H2,1H3/t25-/m0/s1. The SMILES string of the molecule is CCN1CCN(C2(COc3nc4c(c(N5CCN[C@@H](CC#N)C5)n3)CCN(c3cccc5cccc(Cl)c35)C4)CC2)CC1. The van der Waals surface area contributed by atoms with Crippen molar-refractivity contribution < 1.29 is 4.74 Å². The van der Waals surface area contributed by atoms with Crippen LogP contribution in [0.25, 0.3) is 10.8 Å². The molecule has 9 nitrogen and oxygen atoms in total. The Morgan fingerprint density at radius 2 is 1.86 bits per heavy atom. The second-order valence-corrected chi connectivity index (χ2v) is 12.8. The molecule has 1 atom stereocenters. The molecule has 0 radical (unpaired) electrons. The molecular formula is C33H41ClN8O. The summed E-state index contributed by atoms with van der Waals surface area (Å²) in [5.74, 6) is 0.974. The first-order valence-corrected chi connectivity index (χ1v) is 16.2. The molecule has 1 aromatic heterocycles. The Morgan fingerprint density at radius 1 is 1.05 bits per heavy atom. The molecule has 3 fully saturated rings. The lowest BCUT2D eigenvalue weighted by molar-refractivity contribution is 0.0580. The highest BCUT2D eigenvalue weighted by Gasteiger charge is 2.49. The van der Waals surface area contributed by atoms with E-state index in [-0.39, 0.29) is 11.6 Å². The monoisotopic (exact) mass is 600 g/mol. The zero-order valence-electron chi connectivity index (χ0n) is 25.1. The Balaban J connectivity index is 1.18. The molecule has 2 aromatic carbocycles. The van der Waals surface area contributed by atoms with Gasteiger partial charge in [-0.1, -0.05) is 42.8 Å². The molecule has 0 spiro atoms. The molecule has 1 N–H and O–H groups in total. The topological polar surface area (TPSA) is 83.8 Å². The number of nitriles is 1. The van der Waals surface area contributed by atoms with Crippen molar-refractivity contribution in [3.05, 3.63) is 52.7 Å². The third-order valence-corrected chi connectivity index (χ3v) is 10.2. The summed E-state index contributed by atoms with van der Waals surface area (Å²) in [6.07, 6.45) is 3.65. The lowest BCUT2D eigenvalue weighted by Gasteiger charge is -2.39. The van der Waals surface area contributed by atoms with Gasteiger partial charge in [-0.3, -0.25) is 4.90 Å². The minimum Gasteiger partial charge on any atom is -0.461 e. The van der Waals surface area contributed by atoms with Gasteiger partial charge >= 0.3 is 6.01 Å². The fourth-order valence-corrected chi connectivity index (χ4v) is 7.44. The Kier molecular flexibility index (Phi) is 8.04. The van der Waals surface area contributed by atoms with Crippen LogP contribution in [-0.4, -0.2) is 96.9 Å². The summed E-state index contributed by atoms with van der Waals surface area (Å²) in [5, 5.41) is 15.8. The minimum atomic E-state index is 0.109. The fraction of sp³-hybridized carbons (Fsp3) is 0.545. The van der Waals surface area contributed by atoms with Crippen LogP contribution in [0.1, 0.15) is 37.4 Å². The van der Waals surface area contributed by atoms with Crippen LogP contribution in [0.15, 0.2) is 36.4 Å². The third kappa shape index (κ3) is 5.74. The van der Waals surface area contributed by atoms with E-state index in [2.05, 4.69) is 62.2 Å². The number of anilines is 2. The van der Waals surface area contributed by atoms with E-state index in [4.69, 9.17) is 26.3 Å². The third-order valence-electron chi connectivity index (χ3n) is 9.88. The van der Waals surface area contributed by atoms with Crippen molar-refractivity contribution in [3.8, 4) is 12.1 Å². The first kappa shape index (κ1) is 28.6. The van der Waals surface area contributed by atoms with E-state index in [0.717, 1.165) is 98.3 Å². The van der Waals surface area contributed by atoms with Crippen molar-refractivity contribution in [2.75, 3.05) is 75.3 Å². The zero-order chi connectivity index (χ0) is 29.4. The molecule has 10 heteroatoms.